The van der Waals surface area contributed by atoms with Gasteiger partial charge in [-0.15, -0.1) is 0 Å². The summed E-state index contributed by atoms with van der Waals surface area (Å²) in [6, 6.07) is 27.4. The molecule has 0 aliphatic heterocycles. The number of fused-ring (bicyclic) bond motifs is 1. The summed E-state index contributed by atoms with van der Waals surface area (Å²) in [5.74, 6) is 0.106. The fraction of sp³-hybridized carbons (Fsp3) is 0.250. The molecule has 4 aromatic rings. The highest BCUT2D eigenvalue weighted by Crippen LogP contribution is 2.33. The van der Waals surface area contributed by atoms with Crippen LogP contribution in [0.2, 0.25) is 0 Å². The zero-order valence-corrected chi connectivity index (χ0v) is 18.3. The van der Waals surface area contributed by atoms with Gasteiger partial charge in [0.1, 0.15) is 0 Å². The van der Waals surface area contributed by atoms with Gasteiger partial charge in [0, 0.05) is 35.5 Å². The molecule has 31 heavy (non-hydrogen) atoms. The summed E-state index contributed by atoms with van der Waals surface area (Å²) in [5.41, 5.74) is 5.97. The van der Waals surface area contributed by atoms with Crippen LogP contribution in [0.15, 0.2) is 85.1 Å². The molecule has 0 radical (unpaired) electrons. The highest BCUT2D eigenvalue weighted by atomic mass is 16.1. The molecule has 2 unspecified atom stereocenters. The summed E-state index contributed by atoms with van der Waals surface area (Å²) in [6.45, 7) is 4.19. The molecule has 3 nitrogen and oxygen atoms in total. The van der Waals surface area contributed by atoms with Crippen molar-refractivity contribution in [2.24, 2.45) is 0 Å². The van der Waals surface area contributed by atoms with Crippen molar-refractivity contribution in [3.05, 3.63) is 107 Å². The van der Waals surface area contributed by atoms with E-state index < -0.39 is 0 Å². The van der Waals surface area contributed by atoms with E-state index in [1.54, 1.807) is 0 Å². The second-order valence-electron chi connectivity index (χ2n) is 8.45. The van der Waals surface area contributed by atoms with E-state index in [0.717, 1.165) is 18.4 Å². The van der Waals surface area contributed by atoms with Crippen molar-refractivity contribution in [2.45, 2.75) is 45.1 Å². The van der Waals surface area contributed by atoms with E-state index in [1.165, 1.54) is 27.6 Å². The van der Waals surface area contributed by atoms with E-state index in [9.17, 15) is 4.79 Å². The molecule has 0 fully saturated rings. The van der Waals surface area contributed by atoms with Crippen LogP contribution in [0.4, 0.5) is 0 Å². The second kappa shape index (κ2) is 9.65. The SMILES string of the molecule is Cc1cccc(C(CC(=O)NC(C)CCc2ccccc2)c2c[nH]c3ccccc23)c1. The molecular weight excluding hydrogens is 380 g/mol. The van der Waals surface area contributed by atoms with Crippen LogP contribution < -0.4 is 5.32 Å². The van der Waals surface area contributed by atoms with Gasteiger partial charge in [-0.25, -0.2) is 0 Å². The molecule has 2 N–H and O–H groups in total. The van der Waals surface area contributed by atoms with Crippen molar-refractivity contribution in [2.75, 3.05) is 0 Å². The second-order valence-corrected chi connectivity index (χ2v) is 8.45. The predicted octanol–water partition coefficient (Wildman–Crippen LogP) is 6.14. The van der Waals surface area contributed by atoms with Gasteiger partial charge >= 0.3 is 0 Å². The van der Waals surface area contributed by atoms with Gasteiger partial charge in [0.15, 0.2) is 0 Å². The fourth-order valence-electron chi connectivity index (χ4n) is 4.30. The Bertz CT molecular complexity index is 1150. The monoisotopic (exact) mass is 410 g/mol. The van der Waals surface area contributed by atoms with E-state index >= 15 is 0 Å². The lowest BCUT2D eigenvalue weighted by Gasteiger charge is -2.20. The number of benzene rings is 3. The van der Waals surface area contributed by atoms with Gasteiger partial charge in [-0.05, 0) is 49.4 Å². The lowest BCUT2D eigenvalue weighted by atomic mass is 9.87. The number of nitrogens with one attached hydrogen (secondary N) is 2. The molecule has 1 heterocycles. The Kier molecular flexibility index (Phi) is 6.51. The Hall–Kier alpha value is -3.33. The number of aromatic nitrogens is 1. The molecule has 1 aromatic heterocycles. The van der Waals surface area contributed by atoms with Crippen molar-refractivity contribution in [3.63, 3.8) is 0 Å². The van der Waals surface area contributed by atoms with Gasteiger partial charge in [0.25, 0.3) is 0 Å². The number of H-pyrrole nitrogens is 1. The zero-order valence-electron chi connectivity index (χ0n) is 18.3. The minimum absolute atomic E-state index is 0.0115. The number of rotatable bonds is 8. The maximum atomic E-state index is 13.0. The average Bonchev–Trinajstić information content (AvgIpc) is 3.21. The molecule has 158 valence electrons. The van der Waals surface area contributed by atoms with Gasteiger partial charge in [-0.2, -0.15) is 0 Å². The van der Waals surface area contributed by atoms with Crippen molar-refractivity contribution in [1.82, 2.24) is 10.3 Å². The third-order valence-corrected chi connectivity index (χ3v) is 5.95. The maximum absolute atomic E-state index is 13.0. The first-order valence-electron chi connectivity index (χ1n) is 11.1. The molecule has 2 atom stereocenters. The molecular formula is C28H30N2O. The van der Waals surface area contributed by atoms with E-state index in [-0.39, 0.29) is 17.9 Å². The quantitative estimate of drug-likeness (QED) is 0.360. The number of para-hydroxylation sites is 1. The van der Waals surface area contributed by atoms with Crippen LogP contribution in [0.3, 0.4) is 0 Å². The molecule has 0 saturated heterocycles. The molecule has 0 saturated carbocycles. The number of aromatic amines is 1. The summed E-state index contributed by atoms with van der Waals surface area (Å²) in [7, 11) is 0. The topological polar surface area (TPSA) is 44.9 Å². The van der Waals surface area contributed by atoms with Crippen LogP contribution in [0, 0.1) is 6.92 Å². The normalized spacial score (nSPS) is 13.1. The average molecular weight is 411 g/mol. The third-order valence-electron chi connectivity index (χ3n) is 5.95. The first-order chi connectivity index (χ1) is 15.1. The van der Waals surface area contributed by atoms with Crippen LogP contribution in [0.5, 0.6) is 0 Å². The van der Waals surface area contributed by atoms with E-state index in [1.807, 2.05) is 12.1 Å². The van der Waals surface area contributed by atoms with E-state index in [0.29, 0.717) is 6.42 Å². The van der Waals surface area contributed by atoms with Gasteiger partial charge in [-0.3, -0.25) is 4.79 Å². The van der Waals surface area contributed by atoms with Gasteiger partial charge in [0.2, 0.25) is 5.91 Å². The number of hydrogen-bond acceptors (Lipinski definition) is 1. The van der Waals surface area contributed by atoms with Gasteiger partial charge < -0.3 is 10.3 Å². The molecule has 0 aliphatic carbocycles. The summed E-state index contributed by atoms with van der Waals surface area (Å²) in [4.78, 5) is 16.4. The largest absolute Gasteiger partial charge is 0.361 e. The Labute approximate surface area is 184 Å². The molecule has 4 rings (SSSR count). The van der Waals surface area contributed by atoms with Gasteiger partial charge in [-0.1, -0.05) is 78.4 Å². The van der Waals surface area contributed by atoms with Crippen molar-refractivity contribution < 1.29 is 4.79 Å². The summed E-state index contributed by atoms with van der Waals surface area (Å²) < 4.78 is 0. The summed E-state index contributed by atoms with van der Waals surface area (Å²) in [6.07, 6.45) is 4.38. The Morgan fingerprint density at radius 2 is 1.74 bits per heavy atom. The number of amides is 1. The minimum atomic E-state index is 0.0115. The molecule has 3 aromatic carbocycles. The van der Waals surface area contributed by atoms with Gasteiger partial charge in [0.05, 0.1) is 0 Å². The summed E-state index contributed by atoms with van der Waals surface area (Å²) in [5, 5.41) is 4.41. The Morgan fingerprint density at radius 1 is 0.968 bits per heavy atom. The number of carbonyl (C=O) groups is 1. The number of hydrogen-bond donors (Lipinski definition) is 2. The number of carbonyl (C=O) groups excluding carboxylic acids is 1. The smallest absolute Gasteiger partial charge is 0.221 e. The van der Waals surface area contributed by atoms with Crippen LogP contribution in [0.25, 0.3) is 10.9 Å². The zero-order chi connectivity index (χ0) is 21.6. The lowest BCUT2D eigenvalue weighted by Crippen LogP contribution is -2.33. The lowest BCUT2D eigenvalue weighted by molar-refractivity contribution is -0.121. The molecule has 0 bridgehead atoms. The first-order valence-corrected chi connectivity index (χ1v) is 11.1. The van der Waals surface area contributed by atoms with E-state index in [2.05, 4.69) is 97.1 Å². The first kappa shape index (κ1) is 20.9. The maximum Gasteiger partial charge on any atom is 0.221 e. The molecule has 0 aliphatic rings. The van der Waals surface area contributed by atoms with Crippen LogP contribution in [0.1, 0.15) is 47.9 Å². The van der Waals surface area contributed by atoms with Crippen LogP contribution >= 0.6 is 0 Å². The number of aryl methyl sites for hydroxylation is 2. The van der Waals surface area contributed by atoms with Crippen LogP contribution in [-0.2, 0) is 11.2 Å². The van der Waals surface area contributed by atoms with Crippen molar-refractivity contribution in [1.29, 1.82) is 0 Å². The predicted molar refractivity (Wildman–Crippen MR) is 128 cm³/mol. The van der Waals surface area contributed by atoms with E-state index in [4.69, 9.17) is 0 Å². The Morgan fingerprint density at radius 3 is 2.55 bits per heavy atom. The third kappa shape index (κ3) is 5.24. The molecule has 1 amide bonds. The highest BCUT2D eigenvalue weighted by molar-refractivity contribution is 5.86. The minimum Gasteiger partial charge on any atom is -0.361 e. The molecule has 0 spiro atoms. The standard InChI is InChI=1S/C28H30N2O/c1-20-9-8-12-23(17-20)25(26-19-29-27-14-7-6-13-24(26)27)18-28(31)30-21(2)15-16-22-10-4-3-5-11-22/h3-14,17,19,21,25,29H,15-16,18H2,1-2H3,(H,30,31). The highest BCUT2D eigenvalue weighted by Gasteiger charge is 2.22. The van der Waals surface area contributed by atoms with Crippen molar-refractivity contribution >= 4 is 16.8 Å². The summed E-state index contributed by atoms with van der Waals surface area (Å²) >= 11 is 0. The Balaban J connectivity index is 1.50. The fourth-order valence-corrected chi connectivity index (χ4v) is 4.30. The molecule has 3 heteroatoms. The van der Waals surface area contributed by atoms with Crippen molar-refractivity contribution in [3.8, 4) is 0 Å². The van der Waals surface area contributed by atoms with Crippen LogP contribution in [-0.4, -0.2) is 16.9 Å².